The Balaban J connectivity index is 1.06. The van der Waals surface area contributed by atoms with Gasteiger partial charge in [-0.1, -0.05) is 170 Å². The van der Waals surface area contributed by atoms with Gasteiger partial charge in [0.05, 0.1) is 0 Å². The molecule has 1 unspecified atom stereocenters. The average Bonchev–Trinajstić information content (AvgIpc) is 3.66. The van der Waals surface area contributed by atoms with E-state index in [-0.39, 0.29) is 0 Å². The maximum absolute atomic E-state index is 5.18. The lowest BCUT2D eigenvalue weighted by Gasteiger charge is -2.14. The predicted octanol–water partition coefficient (Wildman–Crippen LogP) is 13.8. The quantitative estimate of drug-likeness (QED) is 0.164. The maximum Gasteiger partial charge on any atom is 0.164 e. The zero-order valence-corrected chi connectivity index (χ0v) is 30.8. The molecule has 2 aromatic heterocycles. The van der Waals surface area contributed by atoms with Crippen LogP contribution in [0.15, 0.2) is 194 Å². The summed E-state index contributed by atoms with van der Waals surface area (Å²) in [6.07, 6.45) is 9.87. The second-order valence-corrected chi connectivity index (χ2v) is 15.0. The summed E-state index contributed by atoms with van der Waals surface area (Å²) in [6, 6.07) is 60.4. The van der Waals surface area contributed by atoms with Crippen LogP contribution in [0.5, 0.6) is 0 Å². The zero-order valence-electron chi connectivity index (χ0n) is 30.0. The van der Waals surface area contributed by atoms with Crippen molar-refractivity contribution in [3.8, 4) is 67.5 Å². The van der Waals surface area contributed by atoms with E-state index < -0.39 is 0 Å². The Kier molecular flexibility index (Phi) is 8.51. The number of nitrogens with zero attached hydrogens (tertiary/aromatic N) is 3. The second kappa shape index (κ2) is 14.2. The van der Waals surface area contributed by atoms with Crippen LogP contribution in [0.3, 0.4) is 0 Å². The minimum atomic E-state index is 0.447. The highest BCUT2D eigenvalue weighted by molar-refractivity contribution is 7.26. The highest BCUT2D eigenvalue weighted by atomic mass is 32.1. The van der Waals surface area contributed by atoms with Crippen molar-refractivity contribution in [3.63, 3.8) is 0 Å². The van der Waals surface area contributed by atoms with Gasteiger partial charge in [-0.15, -0.1) is 11.3 Å². The van der Waals surface area contributed by atoms with E-state index in [1.807, 2.05) is 35.6 Å². The highest BCUT2D eigenvalue weighted by Gasteiger charge is 2.18. The summed E-state index contributed by atoms with van der Waals surface area (Å²) in [7, 11) is 0. The summed E-state index contributed by atoms with van der Waals surface area (Å²) in [5.41, 5.74) is 11.4. The van der Waals surface area contributed by atoms with Crippen LogP contribution in [0, 0.1) is 0 Å². The van der Waals surface area contributed by atoms with Gasteiger partial charge >= 0.3 is 0 Å². The number of fused-ring (bicyclic) bond motifs is 3. The van der Waals surface area contributed by atoms with E-state index in [2.05, 4.69) is 170 Å². The molecule has 4 heteroatoms. The van der Waals surface area contributed by atoms with E-state index in [0.29, 0.717) is 23.4 Å². The predicted molar refractivity (Wildman–Crippen MR) is 231 cm³/mol. The van der Waals surface area contributed by atoms with Crippen LogP contribution in [0.4, 0.5) is 0 Å². The molecule has 1 aliphatic rings. The number of benzene rings is 7. The van der Waals surface area contributed by atoms with Crippen LogP contribution in [0.25, 0.3) is 87.7 Å². The molecule has 0 bridgehead atoms. The van der Waals surface area contributed by atoms with Crippen molar-refractivity contribution in [1.82, 2.24) is 15.0 Å². The molecular weight excluding hydrogens is 687 g/mol. The maximum atomic E-state index is 5.18. The number of thiophene rings is 1. The lowest BCUT2D eigenvalue weighted by Crippen LogP contribution is -2.00. The molecule has 0 fully saturated rings. The fourth-order valence-electron chi connectivity index (χ4n) is 7.61. The van der Waals surface area contributed by atoms with Crippen LogP contribution >= 0.6 is 11.3 Å². The van der Waals surface area contributed by atoms with E-state index in [1.54, 1.807) is 0 Å². The molecule has 1 aliphatic carbocycles. The Morgan fingerprint density at radius 3 is 1.69 bits per heavy atom. The first-order valence-electron chi connectivity index (χ1n) is 18.7. The van der Waals surface area contributed by atoms with Crippen molar-refractivity contribution in [3.05, 3.63) is 200 Å². The number of aromatic nitrogens is 3. The Hall–Kier alpha value is -6.75. The minimum absolute atomic E-state index is 0.447. The van der Waals surface area contributed by atoms with E-state index in [0.717, 1.165) is 28.7 Å². The SMILES string of the molecule is C1=CCC(c2ccc(-c3cccc(-c4ccc5sc6cccc(-c7nc(-c8ccccc8)nc(-c8ccc(-c9ccccc9)cc8)n7)c6c5c4)c3)cc2)C=C1. The molecule has 10 rings (SSSR count). The van der Waals surface area contributed by atoms with Gasteiger partial charge in [0.1, 0.15) is 0 Å². The van der Waals surface area contributed by atoms with Crippen molar-refractivity contribution in [2.24, 2.45) is 0 Å². The highest BCUT2D eigenvalue weighted by Crippen LogP contribution is 2.42. The Morgan fingerprint density at radius 2 is 0.964 bits per heavy atom. The smallest absolute Gasteiger partial charge is 0.164 e. The van der Waals surface area contributed by atoms with Gasteiger partial charge in [0, 0.05) is 42.8 Å². The van der Waals surface area contributed by atoms with E-state index >= 15 is 0 Å². The summed E-state index contributed by atoms with van der Waals surface area (Å²) in [5.74, 6) is 2.42. The van der Waals surface area contributed by atoms with Crippen LogP contribution in [0.1, 0.15) is 17.9 Å². The minimum Gasteiger partial charge on any atom is -0.208 e. The molecule has 0 spiro atoms. The van der Waals surface area contributed by atoms with E-state index in [9.17, 15) is 0 Å². The molecule has 0 radical (unpaired) electrons. The molecule has 3 nitrogen and oxygen atoms in total. The average molecular weight is 722 g/mol. The topological polar surface area (TPSA) is 38.7 Å². The van der Waals surface area contributed by atoms with Gasteiger partial charge in [-0.25, -0.2) is 15.0 Å². The molecule has 0 N–H and O–H groups in total. The first-order valence-corrected chi connectivity index (χ1v) is 19.5. The summed E-state index contributed by atoms with van der Waals surface area (Å²) in [6.45, 7) is 0. The Bertz CT molecular complexity index is 2870. The molecule has 9 aromatic rings. The van der Waals surface area contributed by atoms with Crippen molar-refractivity contribution < 1.29 is 0 Å². The van der Waals surface area contributed by atoms with Crippen molar-refractivity contribution >= 4 is 31.5 Å². The van der Waals surface area contributed by atoms with Crippen molar-refractivity contribution in [2.45, 2.75) is 12.3 Å². The summed E-state index contributed by atoms with van der Waals surface area (Å²) in [5, 5.41) is 2.37. The van der Waals surface area contributed by atoms with Gasteiger partial charge in [0.15, 0.2) is 17.5 Å². The van der Waals surface area contributed by atoms with Gasteiger partial charge in [0.25, 0.3) is 0 Å². The third-order valence-corrected chi connectivity index (χ3v) is 11.6. The fraction of sp³-hybridized carbons (Fsp3) is 0.0392. The molecule has 0 aliphatic heterocycles. The molecular formula is C51H35N3S. The molecule has 7 aromatic carbocycles. The molecule has 260 valence electrons. The first kappa shape index (κ1) is 32.9. The Morgan fingerprint density at radius 1 is 0.418 bits per heavy atom. The molecule has 0 amide bonds. The van der Waals surface area contributed by atoms with Gasteiger partial charge in [-0.2, -0.15) is 0 Å². The Labute approximate surface area is 324 Å². The second-order valence-electron chi connectivity index (χ2n) is 14.0. The number of allylic oxidation sites excluding steroid dienone is 4. The lowest BCUT2D eigenvalue weighted by atomic mass is 9.91. The van der Waals surface area contributed by atoms with Crippen molar-refractivity contribution in [1.29, 1.82) is 0 Å². The normalized spacial score (nSPS) is 13.8. The standard InChI is InChI=1S/C51H35N3S/c1-4-12-34(13-5-1)36-22-24-38(25-23-36)41-18-10-19-42(32-41)43-30-31-46-45(33-43)48-44(20-11-21-47(48)55-46)51-53-49(39-16-8-3-9-17-39)52-50(54-51)40-28-26-37(27-29-40)35-14-6-2-7-15-35/h1-12,14-34H,13H2. The van der Waals surface area contributed by atoms with Gasteiger partial charge in [0.2, 0.25) is 0 Å². The summed E-state index contributed by atoms with van der Waals surface area (Å²) in [4.78, 5) is 15.3. The number of rotatable bonds is 7. The zero-order chi connectivity index (χ0) is 36.6. The van der Waals surface area contributed by atoms with Crippen LogP contribution < -0.4 is 0 Å². The lowest BCUT2D eigenvalue weighted by molar-refractivity contribution is 0.854. The molecule has 2 heterocycles. The van der Waals surface area contributed by atoms with E-state index in [4.69, 9.17) is 15.0 Å². The number of hydrogen-bond acceptors (Lipinski definition) is 4. The van der Waals surface area contributed by atoms with Crippen LogP contribution in [-0.2, 0) is 0 Å². The molecule has 55 heavy (non-hydrogen) atoms. The largest absolute Gasteiger partial charge is 0.208 e. The number of hydrogen-bond donors (Lipinski definition) is 0. The third kappa shape index (κ3) is 6.47. The summed E-state index contributed by atoms with van der Waals surface area (Å²) < 4.78 is 2.44. The summed E-state index contributed by atoms with van der Waals surface area (Å²) >= 11 is 1.81. The van der Waals surface area contributed by atoms with Crippen LogP contribution in [0.2, 0.25) is 0 Å². The van der Waals surface area contributed by atoms with Gasteiger partial charge < -0.3 is 0 Å². The molecule has 1 atom stereocenters. The van der Waals surface area contributed by atoms with Crippen LogP contribution in [-0.4, -0.2) is 15.0 Å². The van der Waals surface area contributed by atoms with Gasteiger partial charge in [-0.3, -0.25) is 0 Å². The van der Waals surface area contributed by atoms with Crippen molar-refractivity contribution in [2.75, 3.05) is 0 Å². The molecule has 0 saturated carbocycles. The van der Waals surface area contributed by atoms with Gasteiger partial charge in [-0.05, 0) is 69.6 Å². The third-order valence-electron chi connectivity index (χ3n) is 10.5. The van der Waals surface area contributed by atoms with E-state index in [1.165, 1.54) is 53.6 Å². The first-order chi connectivity index (χ1) is 27.2. The fourth-order valence-corrected chi connectivity index (χ4v) is 8.72. The monoisotopic (exact) mass is 721 g/mol. The molecule has 0 saturated heterocycles.